The van der Waals surface area contributed by atoms with Crippen LogP contribution in [0.25, 0.3) is 0 Å². The molecule has 1 aromatic carbocycles. The van der Waals surface area contributed by atoms with Crippen molar-refractivity contribution in [3.05, 3.63) is 45.8 Å². The number of pyridine rings is 1. The first-order valence-electron chi connectivity index (χ1n) is 4.60. The van der Waals surface area contributed by atoms with Crippen LogP contribution in [0.4, 0.5) is 10.1 Å². The third kappa shape index (κ3) is 3.08. The number of rotatable bonds is 2. The zero-order valence-electron chi connectivity index (χ0n) is 8.45. The van der Waals surface area contributed by atoms with E-state index in [-0.39, 0.29) is 16.9 Å². The van der Waals surface area contributed by atoms with Gasteiger partial charge in [-0.3, -0.25) is 0 Å². The van der Waals surface area contributed by atoms with Crippen molar-refractivity contribution >= 4 is 33.2 Å². The number of nitrogens with zero attached hydrogens (tertiary/aromatic N) is 1. The first kappa shape index (κ1) is 12.1. The van der Waals surface area contributed by atoms with Crippen LogP contribution >= 0.6 is 27.5 Å². The molecule has 0 saturated carbocycles. The molecule has 17 heavy (non-hydrogen) atoms. The summed E-state index contributed by atoms with van der Waals surface area (Å²) >= 11 is 8.92. The first-order valence-corrected chi connectivity index (χ1v) is 5.77. The first-order chi connectivity index (χ1) is 8.04. The van der Waals surface area contributed by atoms with Crippen LogP contribution in [-0.2, 0) is 0 Å². The maximum absolute atomic E-state index is 12.9. The normalized spacial score (nSPS) is 10.3. The fraction of sp³-hybridized carbons (Fsp3) is 0. The van der Waals surface area contributed by atoms with Gasteiger partial charge in [-0.25, -0.2) is 9.37 Å². The van der Waals surface area contributed by atoms with Crippen molar-refractivity contribution in [3.8, 4) is 11.6 Å². The lowest BCUT2D eigenvalue weighted by Crippen LogP contribution is -1.92. The zero-order chi connectivity index (χ0) is 12.4. The highest BCUT2D eigenvalue weighted by molar-refractivity contribution is 9.10. The van der Waals surface area contributed by atoms with Gasteiger partial charge in [-0.05, 0) is 40.2 Å². The van der Waals surface area contributed by atoms with Crippen molar-refractivity contribution in [2.45, 2.75) is 0 Å². The van der Waals surface area contributed by atoms with Gasteiger partial charge in [0.2, 0.25) is 5.88 Å². The van der Waals surface area contributed by atoms with E-state index in [0.29, 0.717) is 15.9 Å². The molecule has 0 bridgehead atoms. The minimum atomic E-state index is -0.359. The van der Waals surface area contributed by atoms with Crippen LogP contribution in [0.1, 0.15) is 0 Å². The average molecular weight is 318 g/mol. The fourth-order valence-electron chi connectivity index (χ4n) is 1.21. The van der Waals surface area contributed by atoms with Gasteiger partial charge < -0.3 is 10.5 Å². The second-order valence-corrected chi connectivity index (χ2v) is 4.48. The minimum Gasteiger partial charge on any atom is -0.438 e. The molecule has 0 fully saturated rings. The average Bonchev–Trinajstić information content (AvgIpc) is 2.21. The monoisotopic (exact) mass is 316 g/mol. The Hall–Kier alpha value is -1.33. The molecule has 0 aliphatic heterocycles. The second-order valence-electron chi connectivity index (χ2n) is 3.24. The van der Waals surface area contributed by atoms with Crippen molar-refractivity contribution in [1.82, 2.24) is 4.98 Å². The van der Waals surface area contributed by atoms with E-state index in [1.807, 2.05) is 0 Å². The van der Waals surface area contributed by atoms with E-state index in [2.05, 4.69) is 20.9 Å². The quantitative estimate of drug-likeness (QED) is 0.851. The number of ether oxygens (including phenoxy) is 1. The Morgan fingerprint density at radius 1 is 1.29 bits per heavy atom. The number of nitrogens with two attached hydrogens (primary N) is 1. The molecule has 2 aromatic rings. The molecule has 1 aromatic heterocycles. The van der Waals surface area contributed by atoms with Gasteiger partial charge in [0.05, 0.1) is 4.47 Å². The highest BCUT2D eigenvalue weighted by Crippen LogP contribution is 2.30. The van der Waals surface area contributed by atoms with Crippen LogP contribution < -0.4 is 10.5 Å². The fourth-order valence-corrected chi connectivity index (χ4v) is 1.86. The molecule has 0 radical (unpaired) electrons. The van der Waals surface area contributed by atoms with Gasteiger partial charge in [-0.15, -0.1) is 0 Å². The number of halogens is 3. The van der Waals surface area contributed by atoms with Crippen LogP contribution in [0, 0.1) is 5.82 Å². The Morgan fingerprint density at radius 3 is 2.71 bits per heavy atom. The summed E-state index contributed by atoms with van der Waals surface area (Å²) in [5.41, 5.74) is 6.04. The van der Waals surface area contributed by atoms with Crippen molar-refractivity contribution in [1.29, 1.82) is 0 Å². The molecule has 3 nitrogen and oxygen atoms in total. The SMILES string of the molecule is Nc1cc(Cl)nc(Oc2ccc(F)cc2Br)c1. The number of hydrogen-bond donors (Lipinski definition) is 1. The van der Waals surface area contributed by atoms with Crippen LogP contribution in [0.5, 0.6) is 11.6 Å². The number of benzene rings is 1. The second kappa shape index (κ2) is 4.89. The third-order valence-electron chi connectivity index (χ3n) is 1.90. The number of nitrogen functional groups attached to an aromatic ring is 1. The highest BCUT2D eigenvalue weighted by Gasteiger charge is 2.06. The summed E-state index contributed by atoms with van der Waals surface area (Å²) in [5.74, 6) is 0.325. The third-order valence-corrected chi connectivity index (χ3v) is 2.71. The summed E-state index contributed by atoms with van der Waals surface area (Å²) in [6.07, 6.45) is 0. The van der Waals surface area contributed by atoms with Gasteiger partial charge in [0.15, 0.2) is 0 Å². The zero-order valence-corrected chi connectivity index (χ0v) is 10.8. The molecule has 0 spiro atoms. The Morgan fingerprint density at radius 2 is 2.06 bits per heavy atom. The summed E-state index contributed by atoms with van der Waals surface area (Å²) < 4.78 is 18.8. The van der Waals surface area contributed by atoms with Gasteiger partial charge in [-0.1, -0.05) is 11.6 Å². The summed E-state index contributed by atoms with van der Waals surface area (Å²) in [7, 11) is 0. The Bertz CT molecular complexity index is 545. The molecule has 0 atom stereocenters. The van der Waals surface area contributed by atoms with Crippen molar-refractivity contribution in [2.24, 2.45) is 0 Å². The molecule has 0 aliphatic carbocycles. The van der Waals surface area contributed by atoms with E-state index in [9.17, 15) is 4.39 Å². The smallest absolute Gasteiger partial charge is 0.222 e. The lowest BCUT2D eigenvalue weighted by atomic mass is 10.3. The number of aromatic nitrogens is 1. The van der Waals surface area contributed by atoms with E-state index in [4.69, 9.17) is 22.1 Å². The van der Waals surface area contributed by atoms with Crippen LogP contribution in [-0.4, -0.2) is 4.98 Å². The molecular formula is C11H7BrClFN2O. The van der Waals surface area contributed by atoms with Gasteiger partial charge in [0.1, 0.15) is 16.7 Å². The van der Waals surface area contributed by atoms with Gasteiger partial charge >= 0.3 is 0 Å². The van der Waals surface area contributed by atoms with Crippen molar-refractivity contribution < 1.29 is 9.13 Å². The number of anilines is 1. The highest BCUT2D eigenvalue weighted by atomic mass is 79.9. The molecule has 88 valence electrons. The van der Waals surface area contributed by atoms with Gasteiger partial charge in [-0.2, -0.15) is 0 Å². The maximum Gasteiger partial charge on any atom is 0.222 e. The minimum absolute atomic E-state index is 0.234. The summed E-state index contributed by atoms with van der Waals surface area (Å²) in [5, 5.41) is 0.234. The van der Waals surface area contributed by atoms with Crippen LogP contribution in [0.3, 0.4) is 0 Å². The molecule has 6 heteroatoms. The van der Waals surface area contributed by atoms with Crippen molar-refractivity contribution in [3.63, 3.8) is 0 Å². The predicted octanol–water partition coefficient (Wildman–Crippen LogP) is 4.01. The Labute approximate surface area is 110 Å². The van der Waals surface area contributed by atoms with Gasteiger partial charge in [0.25, 0.3) is 0 Å². The van der Waals surface area contributed by atoms with Crippen LogP contribution in [0.15, 0.2) is 34.8 Å². The summed E-state index contributed by atoms with van der Waals surface area (Å²) in [4.78, 5) is 3.94. The van der Waals surface area contributed by atoms with Crippen LogP contribution in [0.2, 0.25) is 5.15 Å². The molecule has 0 amide bonds. The Kier molecular flexibility index (Phi) is 3.49. The van der Waals surface area contributed by atoms with E-state index in [1.54, 1.807) is 0 Å². The van der Waals surface area contributed by atoms with Gasteiger partial charge in [0, 0.05) is 11.8 Å². The summed E-state index contributed by atoms with van der Waals surface area (Å²) in [6.45, 7) is 0. The molecule has 2 rings (SSSR count). The largest absolute Gasteiger partial charge is 0.438 e. The summed E-state index contributed by atoms with van der Waals surface area (Å²) in [6, 6.07) is 7.10. The molecule has 0 aliphatic rings. The molecular weight excluding hydrogens is 310 g/mol. The van der Waals surface area contributed by atoms with Crippen molar-refractivity contribution in [2.75, 3.05) is 5.73 Å². The van der Waals surface area contributed by atoms with E-state index >= 15 is 0 Å². The topological polar surface area (TPSA) is 48.1 Å². The Balaban J connectivity index is 2.31. The predicted molar refractivity (Wildman–Crippen MR) is 67.8 cm³/mol. The lowest BCUT2D eigenvalue weighted by Gasteiger charge is -2.07. The van der Waals surface area contributed by atoms with E-state index in [1.165, 1.54) is 30.3 Å². The van der Waals surface area contributed by atoms with E-state index in [0.717, 1.165) is 0 Å². The molecule has 0 unspecified atom stereocenters. The molecule has 2 N–H and O–H groups in total. The van der Waals surface area contributed by atoms with E-state index < -0.39 is 0 Å². The maximum atomic E-state index is 12.9. The number of hydrogen-bond acceptors (Lipinski definition) is 3. The standard InChI is InChI=1S/C11H7BrClFN2O/c12-8-3-6(14)1-2-9(8)17-11-5-7(15)4-10(13)16-11/h1-5H,(H2,15,16). The lowest BCUT2D eigenvalue weighted by molar-refractivity contribution is 0.458. The molecule has 1 heterocycles. The molecule has 0 saturated heterocycles.